The van der Waals surface area contributed by atoms with Crippen LogP contribution < -0.4 is 5.32 Å². The first kappa shape index (κ1) is 13.2. The molecule has 0 aliphatic rings. The molecule has 1 amide bonds. The highest BCUT2D eigenvalue weighted by molar-refractivity contribution is 8.00. The van der Waals surface area contributed by atoms with Crippen LogP contribution >= 0.6 is 23.1 Å². The summed E-state index contributed by atoms with van der Waals surface area (Å²) >= 11 is 3.02. The fourth-order valence-electron chi connectivity index (χ4n) is 1.38. The van der Waals surface area contributed by atoms with E-state index in [1.54, 1.807) is 17.5 Å². The first-order chi connectivity index (χ1) is 8.75. The van der Waals surface area contributed by atoms with Crippen LogP contribution in [0.1, 0.15) is 11.8 Å². The van der Waals surface area contributed by atoms with E-state index in [0.29, 0.717) is 11.8 Å². The standard InChI is InChI=1S/C12H14N2O2S2/c1-9(18-12-14-6-7-16-12)11(15)13-5-4-10-3-2-8-17-10/h2-3,6-9H,4-5H2,1H3,(H,13,15)/t9-/m0/s1. The Morgan fingerprint density at radius 2 is 2.56 bits per heavy atom. The van der Waals surface area contributed by atoms with Crippen LogP contribution in [0.2, 0.25) is 0 Å². The van der Waals surface area contributed by atoms with Gasteiger partial charge in [0.05, 0.1) is 11.4 Å². The first-order valence-corrected chi connectivity index (χ1v) is 7.38. The monoisotopic (exact) mass is 282 g/mol. The van der Waals surface area contributed by atoms with E-state index in [4.69, 9.17) is 4.42 Å². The van der Waals surface area contributed by atoms with Crippen molar-refractivity contribution in [3.8, 4) is 0 Å². The number of carbonyl (C=O) groups excluding carboxylic acids is 1. The molecule has 2 rings (SSSR count). The molecule has 0 saturated carbocycles. The number of carbonyl (C=O) groups is 1. The van der Waals surface area contributed by atoms with Crippen molar-refractivity contribution in [1.29, 1.82) is 0 Å². The summed E-state index contributed by atoms with van der Waals surface area (Å²) in [4.78, 5) is 17.1. The Hall–Kier alpha value is -1.27. The van der Waals surface area contributed by atoms with Gasteiger partial charge in [0.15, 0.2) is 0 Å². The number of amides is 1. The van der Waals surface area contributed by atoms with Crippen molar-refractivity contribution < 1.29 is 9.21 Å². The second-order valence-electron chi connectivity index (χ2n) is 3.68. The number of oxazole rings is 1. The minimum absolute atomic E-state index is 0.00903. The molecule has 18 heavy (non-hydrogen) atoms. The molecule has 0 aliphatic heterocycles. The first-order valence-electron chi connectivity index (χ1n) is 5.62. The molecular formula is C12H14N2O2S2. The summed E-state index contributed by atoms with van der Waals surface area (Å²) < 4.78 is 5.09. The number of nitrogens with zero attached hydrogens (tertiary/aromatic N) is 1. The van der Waals surface area contributed by atoms with Crippen LogP contribution in [0.25, 0.3) is 0 Å². The van der Waals surface area contributed by atoms with E-state index in [1.807, 2.05) is 18.4 Å². The molecular weight excluding hydrogens is 268 g/mol. The molecule has 2 aromatic heterocycles. The Morgan fingerprint density at radius 3 is 3.22 bits per heavy atom. The lowest BCUT2D eigenvalue weighted by Gasteiger charge is -2.09. The van der Waals surface area contributed by atoms with Crippen LogP contribution in [-0.4, -0.2) is 22.7 Å². The van der Waals surface area contributed by atoms with Gasteiger partial charge in [-0.1, -0.05) is 17.8 Å². The zero-order valence-corrected chi connectivity index (χ0v) is 11.6. The molecule has 4 nitrogen and oxygen atoms in total. The minimum atomic E-state index is -0.202. The van der Waals surface area contributed by atoms with Gasteiger partial charge >= 0.3 is 0 Å². The summed E-state index contributed by atoms with van der Waals surface area (Å²) in [6, 6.07) is 4.09. The highest BCUT2D eigenvalue weighted by atomic mass is 32.2. The third-order valence-corrected chi connectivity index (χ3v) is 4.21. The van der Waals surface area contributed by atoms with Crippen molar-refractivity contribution in [3.05, 3.63) is 34.8 Å². The lowest BCUT2D eigenvalue weighted by molar-refractivity contribution is -0.120. The molecule has 0 aromatic carbocycles. The van der Waals surface area contributed by atoms with Crippen molar-refractivity contribution in [3.63, 3.8) is 0 Å². The predicted octanol–water partition coefficient (Wildman–Crippen LogP) is 2.58. The van der Waals surface area contributed by atoms with Crippen LogP contribution in [0, 0.1) is 0 Å². The molecule has 1 atom stereocenters. The van der Waals surface area contributed by atoms with Crippen molar-refractivity contribution in [2.75, 3.05) is 6.54 Å². The van der Waals surface area contributed by atoms with Gasteiger partial charge in [0.2, 0.25) is 5.91 Å². The summed E-state index contributed by atoms with van der Waals surface area (Å²) in [5.74, 6) is 0.00903. The molecule has 6 heteroatoms. The summed E-state index contributed by atoms with van der Waals surface area (Å²) in [5.41, 5.74) is 0. The fourth-order valence-corrected chi connectivity index (χ4v) is 2.82. The smallest absolute Gasteiger partial charge is 0.256 e. The molecule has 1 N–H and O–H groups in total. The summed E-state index contributed by atoms with van der Waals surface area (Å²) in [5, 5.41) is 5.27. The van der Waals surface area contributed by atoms with Crippen LogP contribution in [-0.2, 0) is 11.2 Å². The third kappa shape index (κ3) is 3.89. The number of hydrogen-bond donors (Lipinski definition) is 1. The van der Waals surface area contributed by atoms with Crippen LogP contribution in [0.3, 0.4) is 0 Å². The Labute approximate surface area is 114 Å². The highest BCUT2D eigenvalue weighted by Gasteiger charge is 2.15. The van der Waals surface area contributed by atoms with Crippen LogP contribution in [0.15, 0.2) is 39.6 Å². The third-order valence-electron chi connectivity index (χ3n) is 2.31. The quantitative estimate of drug-likeness (QED) is 0.827. The molecule has 96 valence electrons. The topological polar surface area (TPSA) is 55.1 Å². The lowest BCUT2D eigenvalue weighted by Crippen LogP contribution is -2.32. The second kappa shape index (κ2) is 6.61. The largest absolute Gasteiger partial charge is 0.440 e. The average molecular weight is 282 g/mol. The van der Waals surface area contributed by atoms with Gasteiger partial charge in [0.25, 0.3) is 5.22 Å². The van der Waals surface area contributed by atoms with E-state index in [1.165, 1.54) is 22.9 Å². The maximum absolute atomic E-state index is 11.8. The van der Waals surface area contributed by atoms with Gasteiger partial charge in [-0.05, 0) is 24.8 Å². The zero-order chi connectivity index (χ0) is 12.8. The van der Waals surface area contributed by atoms with Gasteiger partial charge in [-0.15, -0.1) is 11.3 Å². The molecule has 0 radical (unpaired) electrons. The number of hydrogen-bond acceptors (Lipinski definition) is 5. The highest BCUT2D eigenvalue weighted by Crippen LogP contribution is 2.20. The van der Waals surface area contributed by atoms with Gasteiger partial charge in [-0.25, -0.2) is 4.98 Å². The van der Waals surface area contributed by atoms with Crippen LogP contribution in [0.4, 0.5) is 0 Å². The van der Waals surface area contributed by atoms with E-state index in [2.05, 4.69) is 16.4 Å². The van der Waals surface area contributed by atoms with Gasteiger partial charge in [0.1, 0.15) is 6.26 Å². The van der Waals surface area contributed by atoms with Gasteiger partial charge in [-0.2, -0.15) is 0 Å². The van der Waals surface area contributed by atoms with Crippen molar-refractivity contribution >= 4 is 29.0 Å². The molecule has 0 spiro atoms. The van der Waals surface area contributed by atoms with Gasteiger partial charge in [0, 0.05) is 11.4 Å². The second-order valence-corrected chi connectivity index (χ2v) is 6.00. The van der Waals surface area contributed by atoms with Crippen molar-refractivity contribution in [1.82, 2.24) is 10.3 Å². The zero-order valence-electron chi connectivity index (χ0n) is 9.96. The SMILES string of the molecule is C[C@H](Sc1ncco1)C(=O)NCCc1cccs1. The van der Waals surface area contributed by atoms with E-state index in [0.717, 1.165) is 6.42 Å². The Bertz CT molecular complexity index is 468. The van der Waals surface area contributed by atoms with E-state index in [9.17, 15) is 4.79 Å². The Balaban J connectivity index is 1.70. The Morgan fingerprint density at radius 1 is 1.67 bits per heavy atom. The minimum Gasteiger partial charge on any atom is -0.440 e. The lowest BCUT2D eigenvalue weighted by atomic mass is 10.3. The maximum Gasteiger partial charge on any atom is 0.256 e. The number of thioether (sulfide) groups is 1. The molecule has 2 heterocycles. The molecule has 2 aromatic rings. The molecule has 0 aliphatic carbocycles. The van der Waals surface area contributed by atoms with E-state index in [-0.39, 0.29) is 11.2 Å². The Kier molecular flexibility index (Phi) is 4.83. The van der Waals surface area contributed by atoms with Gasteiger partial charge in [-0.3, -0.25) is 4.79 Å². The molecule has 0 fully saturated rings. The number of thiophene rings is 1. The van der Waals surface area contributed by atoms with E-state index < -0.39 is 0 Å². The summed E-state index contributed by atoms with van der Waals surface area (Å²) in [6.07, 6.45) is 3.95. The van der Waals surface area contributed by atoms with E-state index >= 15 is 0 Å². The number of nitrogens with one attached hydrogen (secondary N) is 1. The number of rotatable bonds is 6. The number of aromatic nitrogens is 1. The van der Waals surface area contributed by atoms with Crippen molar-refractivity contribution in [2.24, 2.45) is 0 Å². The van der Waals surface area contributed by atoms with Crippen molar-refractivity contribution in [2.45, 2.75) is 23.8 Å². The maximum atomic E-state index is 11.8. The average Bonchev–Trinajstić information content (AvgIpc) is 3.01. The summed E-state index contributed by atoms with van der Waals surface area (Å²) in [6.45, 7) is 2.51. The molecule has 0 bridgehead atoms. The normalized spacial score (nSPS) is 12.3. The predicted molar refractivity (Wildman–Crippen MR) is 72.9 cm³/mol. The van der Waals surface area contributed by atoms with Crippen LogP contribution in [0.5, 0.6) is 0 Å². The fraction of sp³-hybridized carbons (Fsp3) is 0.333. The molecule has 0 saturated heterocycles. The van der Waals surface area contributed by atoms with Gasteiger partial charge < -0.3 is 9.73 Å². The summed E-state index contributed by atoms with van der Waals surface area (Å²) in [7, 11) is 0. The molecule has 0 unspecified atom stereocenters.